The van der Waals surface area contributed by atoms with Gasteiger partial charge in [-0.2, -0.15) is 0 Å². The smallest absolute Gasteiger partial charge is 0.271 e. The van der Waals surface area contributed by atoms with E-state index in [0.717, 1.165) is 24.3 Å². The number of anilines is 1. The van der Waals surface area contributed by atoms with Crippen LogP contribution in [0.2, 0.25) is 0 Å². The number of amides is 2. The molecular formula is C15H9F5N2O4S. The van der Waals surface area contributed by atoms with Gasteiger partial charge in [-0.3, -0.25) is 9.59 Å². The quantitative estimate of drug-likeness (QED) is 0.462. The molecule has 0 heterocycles. The summed E-state index contributed by atoms with van der Waals surface area (Å²) in [4.78, 5) is 22.2. The lowest BCUT2D eigenvalue weighted by Gasteiger charge is -2.10. The van der Waals surface area contributed by atoms with Gasteiger partial charge in [0.1, 0.15) is 5.56 Å². The van der Waals surface area contributed by atoms with Crippen LogP contribution in [-0.4, -0.2) is 20.2 Å². The largest absolute Gasteiger partial charge is 0.326 e. The molecule has 0 bridgehead atoms. The van der Waals surface area contributed by atoms with Gasteiger partial charge in [-0.05, 0) is 24.3 Å². The van der Waals surface area contributed by atoms with E-state index < -0.39 is 61.4 Å². The third-order valence-electron chi connectivity index (χ3n) is 3.15. The molecule has 0 aliphatic heterocycles. The van der Waals surface area contributed by atoms with E-state index in [1.54, 1.807) is 0 Å². The van der Waals surface area contributed by atoms with Crippen molar-refractivity contribution in [1.82, 2.24) is 4.72 Å². The lowest BCUT2D eigenvalue weighted by atomic mass is 10.1. The highest BCUT2D eigenvalue weighted by molar-refractivity contribution is 7.90. The summed E-state index contributed by atoms with van der Waals surface area (Å²) in [5, 5.41) is 2.34. The highest BCUT2D eigenvalue weighted by Crippen LogP contribution is 2.23. The normalized spacial score (nSPS) is 11.2. The second kappa shape index (κ2) is 7.31. The van der Waals surface area contributed by atoms with Gasteiger partial charge in [-0.25, -0.2) is 35.1 Å². The molecule has 144 valence electrons. The highest BCUT2D eigenvalue weighted by atomic mass is 32.2. The number of carbonyl (C=O) groups excluding carboxylic acids is 2. The van der Waals surface area contributed by atoms with Gasteiger partial charge in [0, 0.05) is 12.6 Å². The zero-order chi connectivity index (χ0) is 20.5. The molecule has 0 aromatic heterocycles. The lowest BCUT2D eigenvalue weighted by Crippen LogP contribution is -2.32. The van der Waals surface area contributed by atoms with Crippen LogP contribution < -0.4 is 10.0 Å². The Balaban J connectivity index is 2.36. The molecule has 0 spiro atoms. The average Bonchev–Trinajstić information content (AvgIpc) is 2.58. The molecule has 0 atom stereocenters. The molecule has 12 heteroatoms. The van der Waals surface area contributed by atoms with E-state index >= 15 is 0 Å². The molecular weight excluding hydrogens is 399 g/mol. The van der Waals surface area contributed by atoms with Crippen LogP contribution in [0.1, 0.15) is 17.3 Å². The van der Waals surface area contributed by atoms with Gasteiger partial charge in [0.2, 0.25) is 11.7 Å². The molecule has 0 saturated heterocycles. The average molecular weight is 408 g/mol. The molecule has 27 heavy (non-hydrogen) atoms. The highest BCUT2D eigenvalue weighted by Gasteiger charge is 2.31. The summed E-state index contributed by atoms with van der Waals surface area (Å²) in [6.45, 7) is 1.20. The minimum atomic E-state index is -4.71. The Morgan fingerprint density at radius 2 is 1.26 bits per heavy atom. The number of sulfonamides is 1. The SMILES string of the molecule is CC(=O)Nc1ccc(S(=O)(=O)NC(=O)c2c(F)c(F)c(F)c(F)c2F)cc1. The van der Waals surface area contributed by atoms with E-state index in [9.17, 15) is 40.0 Å². The Bertz CT molecular complexity index is 1010. The Morgan fingerprint density at radius 3 is 1.70 bits per heavy atom. The first-order chi connectivity index (χ1) is 12.5. The van der Waals surface area contributed by atoms with E-state index in [-0.39, 0.29) is 5.69 Å². The van der Waals surface area contributed by atoms with Crippen LogP contribution in [0.4, 0.5) is 27.6 Å². The first kappa shape index (κ1) is 20.3. The first-order valence-electron chi connectivity index (χ1n) is 6.92. The standard InChI is InChI=1S/C15H9F5N2O4S/c1-6(23)21-7-2-4-8(5-3-7)27(25,26)22-15(24)9-10(16)12(18)14(20)13(19)11(9)17/h2-5H,1H3,(H,21,23)(H,22,24). The predicted molar refractivity (Wildman–Crippen MR) is 81.6 cm³/mol. The Morgan fingerprint density at radius 1 is 0.815 bits per heavy atom. The summed E-state index contributed by atoms with van der Waals surface area (Å²) in [6, 6.07) is 4.19. The van der Waals surface area contributed by atoms with Gasteiger partial charge in [-0.15, -0.1) is 0 Å². The van der Waals surface area contributed by atoms with Crippen LogP contribution in [0.15, 0.2) is 29.2 Å². The first-order valence-corrected chi connectivity index (χ1v) is 8.40. The molecule has 6 nitrogen and oxygen atoms in total. The van der Waals surface area contributed by atoms with Gasteiger partial charge in [0.05, 0.1) is 4.90 Å². The van der Waals surface area contributed by atoms with Crippen molar-refractivity contribution in [3.63, 3.8) is 0 Å². The molecule has 2 amide bonds. The van der Waals surface area contributed by atoms with E-state index in [1.165, 1.54) is 11.6 Å². The second-order valence-corrected chi connectivity index (χ2v) is 6.77. The van der Waals surface area contributed by atoms with Gasteiger partial charge >= 0.3 is 0 Å². The number of hydrogen-bond donors (Lipinski definition) is 2. The molecule has 0 unspecified atom stereocenters. The Hall–Kier alpha value is -3.02. The van der Waals surface area contributed by atoms with E-state index in [4.69, 9.17) is 0 Å². The van der Waals surface area contributed by atoms with Crippen molar-refractivity contribution in [2.24, 2.45) is 0 Å². The molecule has 0 fully saturated rings. The summed E-state index contributed by atoms with van der Waals surface area (Å²) < 4.78 is 91.8. The number of benzene rings is 2. The zero-order valence-electron chi connectivity index (χ0n) is 13.2. The molecule has 2 aromatic rings. The fourth-order valence-electron chi connectivity index (χ4n) is 1.96. The number of halogens is 5. The van der Waals surface area contributed by atoms with Crippen molar-refractivity contribution in [3.8, 4) is 0 Å². The van der Waals surface area contributed by atoms with Gasteiger partial charge in [0.15, 0.2) is 23.3 Å². The van der Waals surface area contributed by atoms with Crippen molar-refractivity contribution < 1.29 is 40.0 Å². The summed E-state index contributed by atoms with van der Waals surface area (Å²) in [5.74, 6) is -14.7. The van der Waals surface area contributed by atoms with Crippen molar-refractivity contribution in [1.29, 1.82) is 0 Å². The maximum Gasteiger partial charge on any atom is 0.271 e. The van der Waals surface area contributed by atoms with Gasteiger partial charge in [0.25, 0.3) is 15.9 Å². The van der Waals surface area contributed by atoms with Crippen LogP contribution in [-0.2, 0) is 14.8 Å². The topological polar surface area (TPSA) is 92.3 Å². The van der Waals surface area contributed by atoms with Crippen molar-refractivity contribution in [2.45, 2.75) is 11.8 Å². The van der Waals surface area contributed by atoms with Gasteiger partial charge in [-0.1, -0.05) is 0 Å². The monoisotopic (exact) mass is 408 g/mol. The third-order valence-corrected chi connectivity index (χ3v) is 4.50. The van der Waals surface area contributed by atoms with Crippen LogP contribution in [0.25, 0.3) is 0 Å². The van der Waals surface area contributed by atoms with Crippen molar-refractivity contribution >= 4 is 27.5 Å². The van der Waals surface area contributed by atoms with Gasteiger partial charge < -0.3 is 5.32 Å². The lowest BCUT2D eigenvalue weighted by molar-refractivity contribution is -0.114. The predicted octanol–water partition coefficient (Wildman–Crippen LogP) is 2.46. The Kier molecular flexibility index (Phi) is 5.49. The zero-order valence-corrected chi connectivity index (χ0v) is 14.1. The van der Waals surface area contributed by atoms with Crippen LogP contribution in [0.3, 0.4) is 0 Å². The maximum absolute atomic E-state index is 13.6. The van der Waals surface area contributed by atoms with Crippen LogP contribution >= 0.6 is 0 Å². The summed E-state index contributed by atoms with van der Waals surface area (Å²) in [6.07, 6.45) is 0. The summed E-state index contributed by atoms with van der Waals surface area (Å²) >= 11 is 0. The molecule has 0 aliphatic rings. The fourth-order valence-corrected chi connectivity index (χ4v) is 2.92. The number of nitrogens with one attached hydrogen (secondary N) is 2. The van der Waals surface area contributed by atoms with Crippen LogP contribution in [0.5, 0.6) is 0 Å². The van der Waals surface area contributed by atoms with E-state index in [1.807, 2.05) is 0 Å². The fraction of sp³-hybridized carbons (Fsp3) is 0.0667. The minimum absolute atomic E-state index is 0.215. The summed E-state index contributed by atoms with van der Waals surface area (Å²) in [7, 11) is -4.71. The second-order valence-electron chi connectivity index (χ2n) is 5.09. The minimum Gasteiger partial charge on any atom is -0.326 e. The molecule has 0 radical (unpaired) electrons. The van der Waals surface area contributed by atoms with Crippen molar-refractivity contribution in [2.75, 3.05) is 5.32 Å². The molecule has 2 N–H and O–H groups in total. The molecule has 0 aliphatic carbocycles. The van der Waals surface area contributed by atoms with E-state index in [2.05, 4.69) is 5.32 Å². The van der Waals surface area contributed by atoms with Crippen LogP contribution in [0, 0.1) is 29.1 Å². The van der Waals surface area contributed by atoms with E-state index in [0.29, 0.717) is 0 Å². The molecule has 2 rings (SSSR count). The maximum atomic E-state index is 13.6. The third kappa shape index (κ3) is 4.05. The summed E-state index contributed by atoms with van der Waals surface area (Å²) in [5.41, 5.74) is -1.72. The Labute approximate surface area is 149 Å². The molecule has 0 saturated carbocycles. The van der Waals surface area contributed by atoms with Crippen molar-refractivity contribution in [3.05, 3.63) is 58.9 Å². The number of hydrogen-bond acceptors (Lipinski definition) is 4. The number of rotatable bonds is 4. The number of carbonyl (C=O) groups is 2. The molecule has 2 aromatic carbocycles.